The number of ether oxygens (including phenoxy) is 1. The fourth-order valence-corrected chi connectivity index (χ4v) is 5.60. The minimum Gasteiger partial charge on any atom is -0.481 e. The highest BCUT2D eigenvalue weighted by Crippen LogP contribution is 2.44. The first-order valence-corrected chi connectivity index (χ1v) is 12.6. The number of amides is 2. The Balaban J connectivity index is 1.14. The predicted molar refractivity (Wildman–Crippen MR) is 131 cm³/mol. The Morgan fingerprint density at radius 3 is 2.29 bits per heavy atom. The molecule has 1 saturated heterocycles. The lowest BCUT2D eigenvalue weighted by molar-refractivity contribution is -0.146. The summed E-state index contributed by atoms with van der Waals surface area (Å²) in [7, 11) is 0. The lowest BCUT2D eigenvalue weighted by Crippen LogP contribution is -2.43. The highest BCUT2D eigenvalue weighted by Gasteiger charge is 2.36. The van der Waals surface area contributed by atoms with E-state index in [2.05, 4.69) is 29.6 Å². The van der Waals surface area contributed by atoms with Crippen LogP contribution < -0.4 is 5.32 Å². The maximum atomic E-state index is 12.9. The fraction of sp³-hybridized carbons (Fsp3) is 0.464. The molecule has 184 valence electrons. The molecule has 2 aromatic rings. The maximum absolute atomic E-state index is 12.9. The number of nitrogens with zero attached hydrogens (tertiary/aromatic N) is 1. The van der Waals surface area contributed by atoms with E-state index in [4.69, 9.17) is 4.74 Å². The van der Waals surface area contributed by atoms with Crippen LogP contribution in [0.15, 0.2) is 48.5 Å². The molecule has 1 aliphatic heterocycles. The van der Waals surface area contributed by atoms with Gasteiger partial charge in [-0.3, -0.25) is 9.59 Å². The number of carboxylic acids is 1. The number of nitrogens with one attached hydrogen (secondary N) is 1. The number of alkyl carbamates (subject to hydrolysis) is 1. The molecule has 5 rings (SSSR count). The summed E-state index contributed by atoms with van der Waals surface area (Å²) in [5.41, 5.74) is 4.72. The molecule has 1 unspecified atom stereocenters. The molecule has 2 N–H and O–H groups in total. The first-order valence-electron chi connectivity index (χ1n) is 12.6. The molecule has 2 amide bonds. The van der Waals surface area contributed by atoms with Crippen LogP contribution in [0.3, 0.4) is 0 Å². The van der Waals surface area contributed by atoms with Crippen molar-refractivity contribution in [2.24, 2.45) is 17.8 Å². The Hall–Kier alpha value is -3.35. The normalized spacial score (nSPS) is 20.0. The van der Waals surface area contributed by atoms with Crippen molar-refractivity contribution in [3.05, 3.63) is 59.7 Å². The first-order chi connectivity index (χ1) is 17.0. The average Bonchev–Trinajstić information content (AvgIpc) is 3.68. The van der Waals surface area contributed by atoms with E-state index in [-0.39, 0.29) is 30.9 Å². The van der Waals surface area contributed by atoms with Crippen LogP contribution in [-0.2, 0) is 14.3 Å². The molecule has 1 heterocycles. The van der Waals surface area contributed by atoms with Crippen LogP contribution in [0.5, 0.6) is 0 Å². The Morgan fingerprint density at radius 1 is 1.00 bits per heavy atom. The SMILES string of the molecule is O=C(NCC(CC(=O)N1CCC[C@@H](C(=O)O)C1)C1CC1)OCC1c2ccccc2-c2ccccc21. The second-order valence-electron chi connectivity index (χ2n) is 10.0. The molecule has 35 heavy (non-hydrogen) atoms. The number of carbonyl (C=O) groups is 3. The van der Waals surface area contributed by atoms with Crippen molar-refractivity contribution < 1.29 is 24.2 Å². The minimum atomic E-state index is -0.835. The molecule has 7 heteroatoms. The van der Waals surface area contributed by atoms with Crippen LogP contribution >= 0.6 is 0 Å². The molecule has 2 aliphatic carbocycles. The van der Waals surface area contributed by atoms with Gasteiger partial charge in [-0.05, 0) is 59.8 Å². The number of benzene rings is 2. The standard InChI is InChI=1S/C28H32N2O5/c31-26(30-13-5-6-19(16-30)27(32)33)14-20(18-11-12-18)15-29-28(34)35-17-25-23-9-3-1-7-21(23)22-8-2-4-10-24(22)25/h1-4,7-10,18-20,25H,5-6,11-17H2,(H,29,34)(H,32,33)/t19-,20?/m1/s1. The highest BCUT2D eigenvalue weighted by atomic mass is 16.5. The van der Waals surface area contributed by atoms with Crippen LogP contribution in [0.25, 0.3) is 11.1 Å². The molecule has 0 bridgehead atoms. The van der Waals surface area contributed by atoms with Crippen molar-refractivity contribution in [2.75, 3.05) is 26.2 Å². The van der Waals surface area contributed by atoms with E-state index in [0.29, 0.717) is 31.8 Å². The van der Waals surface area contributed by atoms with Crippen LogP contribution in [0.1, 0.15) is 49.1 Å². The van der Waals surface area contributed by atoms with Gasteiger partial charge in [-0.25, -0.2) is 4.79 Å². The van der Waals surface area contributed by atoms with Gasteiger partial charge in [0.25, 0.3) is 0 Å². The number of hydrogen-bond donors (Lipinski definition) is 2. The van der Waals surface area contributed by atoms with Crippen LogP contribution in [0.2, 0.25) is 0 Å². The number of piperidine rings is 1. The molecule has 2 fully saturated rings. The fourth-order valence-electron chi connectivity index (χ4n) is 5.60. The van der Waals surface area contributed by atoms with Gasteiger partial charge in [-0.1, -0.05) is 48.5 Å². The van der Waals surface area contributed by atoms with Crippen LogP contribution in [0, 0.1) is 17.8 Å². The summed E-state index contributed by atoms with van der Waals surface area (Å²) in [5.74, 6) is -0.845. The van der Waals surface area contributed by atoms with Crippen molar-refractivity contribution in [1.82, 2.24) is 10.2 Å². The zero-order valence-electron chi connectivity index (χ0n) is 19.8. The van der Waals surface area contributed by atoms with E-state index in [9.17, 15) is 19.5 Å². The summed E-state index contributed by atoms with van der Waals surface area (Å²) in [6, 6.07) is 16.5. The van der Waals surface area contributed by atoms with Crippen molar-refractivity contribution in [2.45, 2.75) is 38.0 Å². The Kier molecular flexibility index (Phi) is 6.75. The van der Waals surface area contributed by atoms with Gasteiger partial charge in [-0.15, -0.1) is 0 Å². The van der Waals surface area contributed by atoms with Crippen molar-refractivity contribution >= 4 is 18.0 Å². The second-order valence-corrected chi connectivity index (χ2v) is 10.0. The Bertz CT molecular complexity index is 1070. The summed E-state index contributed by atoms with van der Waals surface area (Å²) >= 11 is 0. The van der Waals surface area contributed by atoms with Gasteiger partial charge < -0.3 is 20.1 Å². The van der Waals surface area contributed by atoms with Gasteiger partial charge in [0, 0.05) is 32.0 Å². The Morgan fingerprint density at radius 2 is 1.66 bits per heavy atom. The van der Waals surface area contributed by atoms with E-state index in [1.54, 1.807) is 4.90 Å². The molecular weight excluding hydrogens is 444 g/mol. The van der Waals surface area contributed by atoms with Gasteiger partial charge in [0.05, 0.1) is 5.92 Å². The topological polar surface area (TPSA) is 95.9 Å². The second kappa shape index (κ2) is 10.1. The summed E-state index contributed by atoms with van der Waals surface area (Å²) in [6.07, 6.45) is 3.32. The number of rotatable bonds is 8. The zero-order chi connectivity index (χ0) is 24.4. The van der Waals surface area contributed by atoms with Gasteiger partial charge in [0.2, 0.25) is 5.91 Å². The van der Waals surface area contributed by atoms with Crippen molar-refractivity contribution in [3.8, 4) is 11.1 Å². The highest BCUT2D eigenvalue weighted by molar-refractivity contribution is 5.79. The number of carbonyl (C=O) groups excluding carboxylic acids is 2. The molecule has 0 radical (unpaired) electrons. The van der Waals surface area contributed by atoms with Crippen molar-refractivity contribution in [3.63, 3.8) is 0 Å². The lowest BCUT2D eigenvalue weighted by atomic mass is 9.95. The van der Waals surface area contributed by atoms with E-state index < -0.39 is 18.0 Å². The molecule has 3 aliphatic rings. The molecule has 0 aromatic heterocycles. The van der Waals surface area contributed by atoms with Gasteiger partial charge in [0.15, 0.2) is 0 Å². The number of hydrogen-bond acceptors (Lipinski definition) is 4. The molecular formula is C28H32N2O5. The minimum absolute atomic E-state index is 0.00948. The first kappa shape index (κ1) is 23.4. The monoisotopic (exact) mass is 476 g/mol. The van der Waals surface area contributed by atoms with Crippen LogP contribution in [0.4, 0.5) is 4.79 Å². The number of likely N-dealkylation sites (tertiary alicyclic amines) is 1. The van der Waals surface area contributed by atoms with Gasteiger partial charge in [0.1, 0.15) is 6.61 Å². The third kappa shape index (κ3) is 5.19. The van der Waals surface area contributed by atoms with E-state index in [1.807, 2.05) is 24.3 Å². The van der Waals surface area contributed by atoms with E-state index >= 15 is 0 Å². The van der Waals surface area contributed by atoms with Gasteiger partial charge >= 0.3 is 12.1 Å². The molecule has 2 atom stereocenters. The number of carboxylic acid groups (broad SMARTS) is 1. The smallest absolute Gasteiger partial charge is 0.407 e. The van der Waals surface area contributed by atoms with E-state index in [1.165, 1.54) is 22.3 Å². The number of fused-ring (bicyclic) bond motifs is 3. The molecule has 7 nitrogen and oxygen atoms in total. The van der Waals surface area contributed by atoms with Gasteiger partial charge in [-0.2, -0.15) is 0 Å². The quantitative estimate of drug-likeness (QED) is 0.593. The molecule has 2 aromatic carbocycles. The average molecular weight is 477 g/mol. The Labute approximate surface area is 205 Å². The maximum Gasteiger partial charge on any atom is 0.407 e. The molecule has 1 saturated carbocycles. The summed E-state index contributed by atoms with van der Waals surface area (Å²) in [6.45, 7) is 1.55. The summed E-state index contributed by atoms with van der Waals surface area (Å²) in [4.78, 5) is 38.5. The number of aliphatic carboxylic acids is 1. The largest absolute Gasteiger partial charge is 0.481 e. The zero-order valence-corrected chi connectivity index (χ0v) is 19.8. The molecule has 0 spiro atoms. The van der Waals surface area contributed by atoms with Crippen molar-refractivity contribution in [1.29, 1.82) is 0 Å². The summed E-state index contributed by atoms with van der Waals surface area (Å²) in [5, 5.41) is 12.2. The third-order valence-electron chi connectivity index (χ3n) is 7.70. The van der Waals surface area contributed by atoms with E-state index in [0.717, 1.165) is 19.3 Å². The van der Waals surface area contributed by atoms with Crippen LogP contribution in [-0.4, -0.2) is 54.2 Å². The summed E-state index contributed by atoms with van der Waals surface area (Å²) < 4.78 is 5.64. The lowest BCUT2D eigenvalue weighted by Gasteiger charge is -2.32. The third-order valence-corrected chi connectivity index (χ3v) is 7.70. The predicted octanol–water partition coefficient (Wildman–Crippen LogP) is 4.26.